The first-order valence-corrected chi connectivity index (χ1v) is 5.37. The molecule has 0 atom stereocenters. The maximum atomic E-state index is 12.9. The van der Waals surface area contributed by atoms with E-state index in [0.717, 1.165) is 0 Å². The number of imidazole rings is 1. The second kappa shape index (κ2) is 4.53. The number of ether oxygens (including phenoxy) is 1. The van der Waals surface area contributed by atoms with E-state index in [9.17, 15) is 9.18 Å². The Morgan fingerprint density at radius 2 is 2.35 bits per heavy atom. The van der Waals surface area contributed by atoms with E-state index in [1.807, 2.05) is 0 Å². The number of carbonyl (C=O) groups is 1. The summed E-state index contributed by atoms with van der Waals surface area (Å²) in [7, 11) is 0. The van der Waals surface area contributed by atoms with Crippen LogP contribution in [0.25, 0.3) is 5.65 Å². The van der Waals surface area contributed by atoms with Crippen LogP contribution in [0.1, 0.15) is 19.5 Å². The van der Waals surface area contributed by atoms with Crippen molar-refractivity contribution in [2.75, 3.05) is 0 Å². The highest BCUT2D eigenvalue weighted by molar-refractivity contribution is 5.72. The van der Waals surface area contributed by atoms with Crippen LogP contribution in [-0.4, -0.2) is 21.5 Å². The predicted molar refractivity (Wildman–Crippen MR) is 60.1 cm³/mol. The van der Waals surface area contributed by atoms with Crippen molar-refractivity contribution in [2.24, 2.45) is 0 Å². The monoisotopic (exact) mass is 236 g/mol. The van der Waals surface area contributed by atoms with Crippen LogP contribution < -0.4 is 0 Å². The molecule has 0 aliphatic rings. The third-order valence-corrected chi connectivity index (χ3v) is 2.16. The minimum atomic E-state index is -0.348. The van der Waals surface area contributed by atoms with Gasteiger partial charge < -0.3 is 9.14 Å². The zero-order chi connectivity index (χ0) is 12.4. The molecule has 2 aromatic rings. The molecular formula is C12H13FN2O2. The Hall–Kier alpha value is -1.91. The standard InChI is InChI=1S/C12H13FN2O2/c1-8(2)17-12(16)6-10-7-15-4-3-9(13)5-11(15)14-10/h3-5,7-8H,6H2,1-2H3. The molecule has 2 heterocycles. The van der Waals surface area contributed by atoms with Crippen molar-refractivity contribution in [3.05, 3.63) is 36.0 Å². The van der Waals surface area contributed by atoms with Crippen molar-refractivity contribution in [3.63, 3.8) is 0 Å². The highest BCUT2D eigenvalue weighted by Gasteiger charge is 2.10. The summed E-state index contributed by atoms with van der Waals surface area (Å²) in [5.41, 5.74) is 1.05. The van der Waals surface area contributed by atoms with E-state index in [1.165, 1.54) is 12.1 Å². The minimum Gasteiger partial charge on any atom is -0.463 e. The Bertz CT molecular complexity index is 548. The first-order chi connectivity index (χ1) is 8.04. The summed E-state index contributed by atoms with van der Waals surface area (Å²) in [6.45, 7) is 3.58. The van der Waals surface area contributed by atoms with Crippen LogP contribution in [-0.2, 0) is 16.0 Å². The van der Waals surface area contributed by atoms with E-state index in [1.54, 1.807) is 30.6 Å². The summed E-state index contributed by atoms with van der Waals surface area (Å²) in [6.07, 6.45) is 3.21. The van der Waals surface area contributed by atoms with Crippen molar-refractivity contribution in [2.45, 2.75) is 26.4 Å². The highest BCUT2D eigenvalue weighted by Crippen LogP contribution is 2.08. The van der Waals surface area contributed by atoms with Crippen LogP contribution in [0.5, 0.6) is 0 Å². The molecule has 0 aromatic carbocycles. The van der Waals surface area contributed by atoms with Gasteiger partial charge in [0.1, 0.15) is 11.5 Å². The molecule has 0 fully saturated rings. The highest BCUT2D eigenvalue weighted by atomic mass is 19.1. The number of fused-ring (bicyclic) bond motifs is 1. The molecular weight excluding hydrogens is 223 g/mol. The molecule has 0 amide bonds. The first kappa shape index (κ1) is 11.6. The second-order valence-electron chi connectivity index (χ2n) is 4.06. The molecule has 0 radical (unpaired) electrons. The third-order valence-electron chi connectivity index (χ3n) is 2.16. The molecule has 5 heteroatoms. The summed E-state index contributed by atoms with van der Waals surface area (Å²) >= 11 is 0. The number of nitrogens with zero attached hydrogens (tertiary/aromatic N) is 2. The fourth-order valence-electron chi connectivity index (χ4n) is 1.55. The fraction of sp³-hybridized carbons (Fsp3) is 0.333. The maximum absolute atomic E-state index is 12.9. The fourth-order valence-corrected chi connectivity index (χ4v) is 1.55. The lowest BCUT2D eigenvalue weighted by Gasteiger charge is -2.05. The predicted octanol–water partition coefficient (Wildman–Crippen LogP) is 1.97. The lowest BCUT2D eigenvalue weighted by molar-refractivity contribution is -0.146. The number of halogens is 1. The zero-order valence-electron chi connectivity index (χ0n) is 9.68. The van der Waals surface area contributed by atoms with Gasteiger partial charge in [-0.2, -0.15) is 0 Å². The average molecular weight is 236 g/mol. The molecule has 0 aliphatic carbocycles. The van der Waals surface area contributed by atoms with Gasteiger partial charge in [-0.05, 0) is 19.9 Å². The number of hydrogen-bond acceptors (Lipinski definition) is 3. The van der Waals surface area contributed by atoms with Gasteiger partial charge in [-0.3, -0.25) is 4.79 Å². The van der Waals surface area contributed by atoms with Gasteiger partial charge in [-0.1, -0.05) is 0 Å². The maximum Gasteiger partial charge on any atom is 0.312 e. The van der Waals surface area contributed by atoms with Gasteiger partial charge in [-0.15, -0.1) is 0 Å². The largest absolute Gasteiger partial charge is 0.463 e. The van der Waals surface area contributed by atoms with E-state index in [0.29, 0.717) is 11.3 Å². The molecule has 0 spiro atoms. The van der Waals surface area contributed by atoms with Crippen molar-refractivity contribution in [1.29, 1.82) is 0 Å². The van der Waals surface area contributed by atoms with Crippen molar-refractivity contribution < 1.29 is 13.9 Å². The van der Waals surface area contributed by atoms with E-state index in [4.69, 9.17) is 4.74 Å². The summed E-state index contributed by atoms with van der Waals surface area (Å²) in [5, 5.41) is 0. The number of rotatable bonds is 3. The van der Waals surface area contributed by atoms with Crippen LogP contribution in [0.4, 0.5) is 4.39 Å². The molecule has 2 rings (SSSR count). The van der Waals surface area contributed by atoms with Gasteiger partial charge in [0.2, 0.25) is 0 Å². The van der Waals surface area contributed by atoms with Crippen molar-refractivity contribution in [1.82, 2.24) is 9.38 Å². The molecule has 2 aromatic heterocycles. The molecule has 0 saturated carbocycles. The van der Waals surface area contributed by atoms with Crippen LogP contribution in [0.15, 0.2) is 24.5 Å². The van der Waals surface area contributed by atoms with Crippen molar-refractivity contribution >= 4 is 11.6 Å². The number of esters is 1. The Morgan fingerprint density at radius 3 is 3.06 bits per heavy atom. The number of pyridine rings is 1. The van der Waals surface area contributed by atoms with Crippen LogP contribution in [0, 0.1) is 5.82 Å². The SMILES string of the molecule is CC(C)OC(=O)Cc1cn2ccc(F)cc2n1. The van der Waals surface area contributed by atoms with Gasteiger partial charge in [0.25, 0.3) is 0 Å². The summed E-state index contributed by atoms with van der Waals surface area (Å²) in [6, 6.07) is 2.65. The lowest BCUT2D eigenvalue weighted by atomic mass is 10.3. The van der Waals surface area contributed by atoms with Gasteiger partial charge in [0.05, 0.1) is 18.2 Å². The average Bonchev–Trinajstić information content (AvgIpc) is 2.57. The van der Waals surface area contributed by atoms with Gasteiger partial charge in [0, 0.05) is 18.5 Å². The normalized spacial score (nSPS) is 11.1. The third kappa shape index (κ3) is 2.81. The Labute approximate surface area is 98.0 Å². The van der Waals surface area contributed by atoms with E-state index in [2.05, 4.69) is 4.98 Å². The van der Waals surface area contributed by atoms with Gasteiger partial charge in [-0.25, -0.2) is 9.37 Å². The molecule has 0 saturated heterocycles. The molecule has 17 heavy (non-hydrogen) atoms. The topological polar surface area (TPSA) is 43.6 Å². The summed E-state index contributed by atoms with van der Waals surface area (Å²) in [4.78, 5) is 15.6. The van der Waals surface area contributed by atoms with E-state index < -0.39 is 0 Å². The van der Waals surface area contributed by atoms with E-state index in [-0.39, 0.29) is 24.3 Å². The molecule has 0 aliphatic heterocycles. The summed E-state index contributed by atoms with van der Waals surface area (Å²) in [5.74, 6) is -0.678. The molecule has 0 bridgehead atoms. The number of aromatic nitrogens is 2. The molecule has 0 N–H and O–H groups in total. The quantitative estimate of drug-likeness (QED) is 0.765. The van der Waals surface area contributed by atoms with Gasteiger partial charge >= 0.3 is 5.97 Å². The van der Waals surface area contributed by atoms with Crippen molar-refractivity contribution in [3.8, 4) is 0 Å². The molecule has 4 nitrogen and oxygen atoms in total. The lowest BCUT2D eigenvalue weighted by Crippen LogP contribution is -2.13. The smallest absolute Gasteiger partial charge is 0.312 e. The zero-order valence-corrected chi connectivity index (χ0v) is 9.68. The first-order valence-electron chi connectivity index (χ1n) is 5.37. The Balaban J connectivity index is 2.17. The Kier molecular flexibility index (Phi) is 3.08. The summed E-state index contributed by atoms with van der Waals surface area (Å²) < 4.78 is 19.6. The van der Waals surface area contributed by atoms with Crippen LogP contribution in [0.3, 0.4) is 0 Å². The minimum absolute atomic E-state index is 0.0987. The molecule has 90 valence electrons. The van der Waals surface area contributed by atoms with Crippen LogP contribution >= 0.6 is 0 Å². The molecule has 0 unspecified atom stereocenters. The van der Waals surface area contributed by atoms with Gasteiger partial charge in [0.15, 0.2) is 0 Å². The second-order valence-corrected chi connectivity index (χ2v) is 4.06. The van der Waals surface area contributed by atoms with E-state index >= 15 is 0 Å². The number of carbonyl (C=O) groups excluding carboxylic acids is 1. The van der Waals surface area contributed by atoms with Crippen LogP contribution in [0.2, 0.25) is 0 Å². The number of hydrogen-bond donors (Lipinski definition) is 0. The Morgan fingerprint density at radius 1 is 1.59 bits per heavy atom.